The summed E-state index contributed by atoms with van der Waals surface area (Å²) in [6.45, 7) is 8.15. The summed E-state index contributed by atoms with van der Waals surface area (Å²) < 4.78 is 4.67. The van der Waals surface area contributed by atoms with Crippen molar-refractivity contribution in [3.8, 4) is 0 Å². The molecule has 0 bridgehead atoms. The summed E-state index contributed by atoms with van der Waals surface area (Å²) in [7, 11) is 0. The zero-order valence-electron chi connectivity index (χ0n) is 8.66. The molecule has 0 spiro atoms. The number of hydrogen-bond acceptors (Lipinski definition) is 5. The first-order valence-corrected chi connectivity index (χ1v) is 4.99. The Bertz CT molecular complexity index is 299. The third-order valence-electron chi connectivity index (χ3n) is 2.57. The molecule has 0 unspecified atom stereocenters. The molecule has 0 aliphatic carbocycles. The fourth-order valence-corrected chi connectivity index (χ4v) is 1.76. The van der Waals surface area contributed by atoms with Gasteiger partial charge in [-0.05, 0) is 13.8 Å². The topological polar surface area (TPSA) is 54.2 Å². The van der Waals surface area contributed by atoms with E-state index >= 15 is 0 Å². The lowest BCUT2D eigenvalue weighted by Gasteiger charge is -2.31. The molecule has 1 fully saturated rings. The van der Waals surface area contributed by atoms with Crippen molar-refractivity contribution in [3.05, 3.63) is 11.4 Å². The van der Waals surface area contributed by atoms with Crippen LogP contribution in [0.2, 0.25) is 0 Å². The van der Waals surface area contributed by atoms with Crippen LogP contribution in [-0.4, -0.2) is 40.9 Å². The summed E-state index contributed by atoms with van der Waals surface area (Å²) in [4.78, 5) is 2.37. The molecule has 1 N–H and O–H groups in total. The Kier molecular flexibility index (Phi) is 2.79. The first-order valence-electron chi connectivity index (χ1n) is 4.99. The van der Waals surface area contributed by atoms with Gasteiger partial charge in [-0.15, -0.1) is 0 Å². The standard InChI is InChI=1S/C9H16N4O/c1-7-5-13(4-3-10-7)6-9-8(2)11-14-12-9/h7,10H,3-6H2,1-2H3/t7-/m0/s1. The highest BCUT2D eigenvalue weighted by atomic mass is 16.6. The van der Waals surface area contributed by atoms with Gasteiger partial charge in [-0.1, -0.05) is 10.3 Å². The summed E-state index contributed by atoms with van der Waals surface area (Å²) >= 11 is 0. The molecule has 1 aromatic rings. The number of piperazine rings is 1. The van der Waals surface area contributed by atoms with E-state index in [-0.39, 0.29) is 0 Å². The van der Waals surface area contributed by atoms with E-state index in [0.717, 1.165) is 37.6 Å². The fraction of sp³-hybridized carbons (Fsp3) is 0.778. The highest BCUT2D eigenvalue weighted by Gasteiger charge is 2.17. The summed E-state index contributed by atoms with van der Waals surface area (Å²) in [5.74, 6) is 0. The first kappa shape index (κ1) is 9.61. The normalized spacial score (nSPS) is 24.0. The van der Waals surface area contributed by atoms with E-state index in [1.165, 1.54) is 0 Å². The summed E-state index contributed by atoms with van der Waals surface area (Å²) in [6.07, 6.45) is 0. The molecule has 5 nitrogen and oxygen atoms in total. The Labute approximate surface area is 83.4 Å². The molecule has 14 heavy (non-hydrogen) atoms. The maximum absolute atomic E-state index is 4.67. The Morgan fingerprint density at radius 3 is 3.07 bits per heavy atom. The zero-order chi connectivity index (χ0) is 9.97. The van der Waals surface area contributed by atoms with Crippen LogP contribution in [0, 0.1) is 6.92 Å². The number of aryl methyl sites for hydroxylation is 1. The molecule has 1 aliphatic heterocycles. The highest BCUT2D eigenvalue weighted by molar-refractivity contribution is 5.04. The zero-order valence-corrected chi connectivity index (χ0v) is 8.66. The molecule has 1 aromatic heterocycles. The van der Waals surface area contributed by atoms with Crippen molar-refractivity contribution in [2.45, 2.75) is 26.4 Å². The highest BCUT2D eigenvalue weighted by Crippen LogP contribution is 2.07. The minimum absolute atomic E-state index is 0.559. The minimum Gasteiger partial charge on any atom is -0.312 e. The summed E-state index contributed by atoms with van der Waals surface area (Å²) in [5, 5.41) is 11.1. The second-order valence-corrected chi connectivity index (χ2v) is 3.89. The third-order valence-corrected chi connectivity index (χ3v) is 2.57. The number of nitrogens with one attached hydrogen (secondary N) is 1. The van der Waals surface area contributed by atoms with E-state index in [9.17, 15) is 0 Å². The van der Waals surface area contributed by atoms with Crippen molar-refractivity contribution in [1.82, 2.24) is 20.5 Å². The molecular formula is C9H16N4O. The van der Waals surface area contributed by atoms with Crippen molar-refractivity contribution in [1.29, 1.82) is 0 Å². The van der Waals surface area contributed by atoms with Crippen LogP contribution in [0.5, 0.6) is 0 Å². The van der Waals surface area contributed by atoms with Crippen LogP contribution in [0.1, 0.15) is 18.3 Å². The summed E-state index contributed by atoms with van der Waals surface area (Å²) in [6, 6.07) is 0.559. The lowest BCUT2D eigenvalue weighted by Crippen LogP contribution is -2.48. The average molecular weight is 196 g/mol. The van der Waals surface area contributed by atoms with Crippen molar-refractivity contribution in [2.75, 3.05) is 19.6 Å². The Hall–Kier alpha value is -0.940. The number of hydrogen-bond donors (Lipinski definition) is 1. The van der Waals surface area contributed by atoms with Crippen LogP contribution in [0.15, 0.2) is 4.63 Å². The van der Waals surface area contributed by atoms with Gasteiger partial charge < -0.3 is 5.32 Å². The predicted molar refractivity (Wildman–Crippen MR) is 51.8 cm³/mol. The third kappa shape index (κ3) is 2.10. The molecule has 1 saturated heterocycles. The van der Waals surface area contributed by atoms with Gasteiger partial charge in [-0.25, -0.2) is 4.63 Å². The van der Waals surface area contributed by atoms with Gasteiger partial charge in [0.25, 0.3) is 0 Å². The smallest absolute Gasteiger partial charge is 0.122 e. The van der Waals surface area contributed by atoms with Crippen LogP contribution >= 0.6 is 0 Å². The lowest BCUT2D eigenvalue weighted by molar-refractivity contribution is 0.193. The van der Waals surface area contributed by atoms with Crippen LogP contribution in [-0.2, 0) is 6.54 Å². The van der Waals surface area contributed by atoms with Gasteiger partial charge in [0.05, 0.1) is 0 Å². The van der Waals surface area contributed by atoms with Crippen molar-refractivity contribution < 1.29 is 4.63 Å². The molecule has 0 saturated carbocycles. The van der Waals surface area contributed by atoms with Gasteiger partial charge in [0, 0.05) is 32.2 Å². The quantitative estimate of drug-likeness (QED) is 0.731. The summed E-state index contributed by atoms with van der Waals surface area (Å²) in [5.41, 5.74) is 1.86. The van der Waals surface area contributed by atoms with Crippen molar-refractivity contribution >= 4 is 0 Å². The largest absolute Gasteiger partial charge is 0.312 e. The molecule has 2 heterocycles. The first-order chi connectivity index (χ1) is 6.75. The molecule has 0 radical (unpaired) electrons. The Morgan fingerprint density at radius 2 is 2.43 bits per heavy atom. The maximum Gasteiger partial charge on any atom is 0.122 e. The van der Waals surface area contributed by atoms with E-state index in [1.807, 2.05) is 6.92 Å². The van der Waals surface area contributed by atoms with E-state index in [0.29, 0.717) is 6.04 Å². The molecular weight excluding hydrogens is 180 g/mol. The van der Waals surface area contributed by atoms with E-state index in [1.54, 1.807) is 0 Å². The van der Waals surface area contributed by atoms with Crippen LogP contribution < -0.4 is 5.32 Å². The molecule has 1 atom stereocenters. The van der Waals surface area contributed by atoms with Crippen LogP contribution in [0.4, 0.5) is 0 Å². The van der Waals surface area contributed by atoms with Crippen LogP contribution in [0.3, 0.4) is 0 Å². The average Bonchev–Trinajstić information content (AvgIpc) is 2.52. The van der Waals surface area contributed by atoms with Gasteiger partial charge in [-0.3, -0.25) is 4.90 Å². The van der Waals surface area contributed by atoms with Gasteiger partial charge in [0.15, 0.2) is 0 Å². The van der Waals surface area contributed by atoms with E-state index in [2.05, 4.69) is 32.1 Å². The molecule has 5 heteroatoms. The number of nitrogens with zero attached hydrogens (tertiary/aromatic N) is 3. The lowest BCUT2D eigenvalue weighted by atomic mass is 10.2. The van der Waals surface area contributed by atoms with E-state index in [4.69, 9.17) is 0 Å². The van der Waals surface area contributed by atoms with E-state index < -0.39 is 0 Å². The SMILES string of the molecule is Cc1nonc1CN1CCN[C@@H](C)C1. The monoisotopic (exact) mass is 196 g/mol. The molecule has 2 rings (SSSR count). The molecule has 0 amide bonds. The second-order valence-electron chi connectivity index (χ2n) is 3.89. The van der Waals surface area contributed by atoms with Crippen molar-refractivity contribution in [2.24, 2.45) is 0 Å². The fourth-order valence-electron chi connectivity index (χ4n) is 1.76. The van der Waals surface area contributed by atoms with Crippen LogP contribution in [0.25, 0.3) is 0 Å². The minimum atomic E-state index is 0.559. The second kappa shape index (κ2) is 4.06. The number of rotatable bonds is 2. The molecule has 1 aliphatic rings. The van der Waals surface area contributed by atoms with Gasteiger partial charge in [0.1, 0.15) is 11.4 Å². The molecule has 0 aromatic carbocycles. The Morgan fingerprint density at radius 1 is 1.57 bits per heavy atom. The predicted octanol–water partition coefficient (Wildman–Crippen LogP) is 0.172. The van der Waals surface area contributed by atoms with Gasteiger partial charge in [-0.2, -0.15) is 0 Å². The van der Waals surface area contributed by atoms with Crippen molar-refractivity contribution in [3.63, 3.8) is 0 Å². The molecule has 78 valence electrons. The number of aromatic nitrogens is 2. The maximum atomic E-state index is 4.67. The van der Waals surface area contributed by atoms with Gasteiger partial charge >= 0.3 is 0 Å². The Balaban J connectivity index is 1.94. The van der Waals surface area contributed by atoms with Gasteiger partial charge in [0.2, 0.25) is 0 Å².